The van der Waals surface area contributed by atoms with E-state index in [4.69, 9.17) is 0 Å². The van der Waals surface area contributed by atoms with Crippen LogP contribution in [0.15, 0.2) is 41.8 Å². The van der Waals surface area contributed by atoms with Crippen LogP contribution < -0.4 is 5.32 Å². The molecule has 2 rings (SSSR count). The van der Waals surface area contributed by atoms with Gasteiger partial charge in [-0.05, 0) is 42.1 Å². The van der Waals surface area contributed by atoms with Crippen molar-refractivity contribution in [3.63, 3.8) is 0 Å². The Balaban J connectivity index is 2.11. The van der Waals surface area contributed by atoms with Crippen molar-refractivity contribution in [2.45, 2.75) is 32.0 Å². The highest BCUT2D eigenvalue weighted by molar-refractivity contribution is 7.10. The van der Waals surface area contributed by atoms with Crippen LogP contribution in [0.5, 0.6) is 0 Å². The third-order valence-electron chi connectivity index (χ3n) is 3.02. The number of nitrogens with one attached hydrogen (secondary N) is 1. The van der Waals surface area contributed by atoms with E-state index in [9.17, 15) is 13.2 Å². The van der Waals surface area contributed by atoms with E-state index in [0.717, 1.165) is 25.0 Å². The van der Waals surface area contributed by atoms with Crippen LogP contribution in [-0.2, 0) is 6.18 Å². The normalized spacial score (nSPS) is 13.2. The van der Waals surface area contributed by atoms with Gasteiger partial charge in [0.25, 0.3) is 0 Å². The molecule has 1 aromatic heterocycles. The van der Waals surface area contributed by atoms with Gasteiger partial charge in [-0.3, -0.25) is 0 Å². The van der Waals surface area contributed by atoms with Crippen molar-refractivity contribution in [1.29, 1.82) is 0 Å². The van der Waals surface area contributed by atoms with Gasteiger partial charge in [0.1, 0.15) is 0 Å². The number of anilines is 1. The zero-order valence-electron chi connectivity index (χ0n) is 11.1. The second-order valence-electron chi connectivity index (χ2n) is 4.58. The summed E-state index contributed by atoms with van der Waals surface area (Å²) in [6, 6.07) is 9.37. The van der Waals surface area contributed by atoms with Gasteiger partial charge in [-0.1, -0.05) is 19.4 Å². The molecule has 0 radical (unpaired) electrons. The van der Waals surface area contributed by atoms with Gasteiger partial charge in [-0.15, -0.1) is 11.3 Å². The lowest BCUT2D eigenvalue weighted by Gasteiger charge is -2.18. The molecule has 0 aliphatic heterocycles. The first-order chi connectivity index (χ1) is 9.50. The van der Waals surface area contributed by atoms with Gasteiger partial charge in [0.15, 0.2) is 0 Å². The van der Waals surface area contributed by atoms with Crippen LogP contribution >= 0.6 is 11.3 Å². The summed E-state index contributed by atoms with van der Waals surface area (Å²) < 4.78 is 37.5. The average Bonchev–Trinajstić information content (AvgIpc) is 2.91. The lowest BCUT2D eigenvalue weighted by molar-refractivity contribution is -0.137. The molecule has 0 saturated heterocycles. The Hall–Kier alpha value is -1.49. The topological polar surface area (TPSA) is 12.0 Å². The Kier molecular flexibility index (Phi) is 4.70. The summed E-state index contributed by atoms with van der Waals surface area (Å²) in [5.41, 5.74) is 0.0936. The summed E-state index contributed by atoms with van der Waals surface area (Å²) >= 11 is 1.66. The minimum atomic E-state index is -4.28. The van der Waals surface area contributed by atoms with E-state index in [1.54, 1.807) is 11.3 Å². The highest BCUT2D eigenvalue weighted by atomic mass is 32.1. The molecule has 1 atom stereocenters. The Bertz CT molecular complexity index is 517. The van der Waals surface area contributed by atoms with Gasteiger partial charge in [0.2, 0.25) is 0 Å². The predicted molar refractivity (Wildman–Crippen MR) is 77.0 cm³/mol. The number of alkyl halides is 3. The van der Waals surface area contributed by atoms with Crippen LogP contribution in [0.1, 0.15) is 36.2 Å². The smallest absolute Gasteiger partial charge is 0.377 e. The molecule has 108 valence electrons. The maximum atomic E-state index is 12.5. The van der Waals surface area contributed by atoms with Crippen LogP contribution in [-0.4, -0.2) is 0 Å². The molecule has 0 aliphatic carbocycles. The van der Waals surface area contributed by atoms with E-state index >= 15 is 0 Å². The van der Waals surface area contributed by atoms with Crippen LogP contribution in [0, 0.1) is 0 Å². The van der Waals surface area contributed by atoms with E-state index in [2.05, 4.69) is 12.2 Å². The Morgan fingerprint density at radius 1 is 1.15 bits per heavy atom. The van der Waals surface area contributed by atoms with Crippen LogP contribution in [0.3, 0.4) is 0 Å². The Morgan fingerprint density at radius 3 is 2.35 bits per heavy atom. The van der Waals surface area contributed by atoms with Crippen molar-refractivity contribution in [2.24, 2.45) is 0 Å². The molecule has 0 amide bonds. The molecule has 0 spiro atoms. The fourth-order valence-corrected chi connectivity index (χ4v) is 2.83. The molecular weight excluding hydrogens is 283 g/mol. The molecule has 0 bridgehead atoms. The SMILES string of the molecule is CCCC(Nc1ccc(C(F)(F)F)cc1)c1cccs1. The third-order valence-corrected chi connectivity index (χ3v) is 4.00. The summed E-state index contributed by atoms with van der Waals surface area (Å²) in [5.74, 6) is 0. The molecule has 2 aromatic rings. The van der Waals surface area contributed by atoms with E-state index in [1.807, 2.05) is 17.5 Å². The second kappa shape index (κ2) is 6.31. The molecule has 5 heteroatoms. The van der Waals surface area contributed by atoms with Gasteiger partial charge < -0.3 is 5.32 Å². The number of thiophene rings is 1. The van der Waals surface area contributed by atoms with Crippen molar-refractivity contribution in [2.75, 3.05) is 5.32 Å². The highest BCUT2D eigenvalue weighted by Gasteiger charge is 2.30. The number of rotatable bonds is 5. The van der Waals surface area contributed by atoms with Crippen molar-refractivity contribution in [3.8, 4) is 0 Å². The van der Waals surface area contributed by atoms with Crippen molar-refractivity contribution in [1.82, 2.24) is 0 Å². The third kappa shape index (κ3) is 3.76. The largest absolute Gasteiger partial charge is 0.416 e. The first-order valence-corrected chi connectivity index (χ1v) is 7.36. The van der Waals surface area contributed by atoms with Gasteiger partial charge in [-0.25, -0.2) is 0 Å². The van der Waals surface area contributed by atoms with Crippen molar-refractivity contribution < 1.29 is 13.2 Å². The second-order valence-corrected chi connectivity index (χ2v) is 5.56. The van der Waals surface area contributed by atoms with Crippen molar-refractivity contribution in [3.05, 3.63) is 52.2 Å². The number of hydrogen-bond acceptors (Lipinski definition) is 2. The van der Waals surface area contributed by atoms with Gasteiger partial charge in [0.05, 0.1) is 11.6 Å². The lowest BCUT2D eigenvalue weighted by Crippen LogP contribution is -2.10. The Morgan fingerprint density at radius 2 is 1.85 bits per heavy atom. The van der Waals surface area contributed by atoms with Gasteiger partial charge in [-0.2, -0.15) is 13.2 Å². The van der Waals surface area contributed by atoms with Crippen LogP contribution in [0.2, 0.25) is 0 Å². The summed E-state index contributed by atoms with van der Waals surface area (Å²) in [5, 5.41) is 5.31. The molecule has 0 aliphatic rings. The molecule has 1 aromatic carbocycles. The first kappa shape index (κ1) is 14.9. The minimum absolute atomic E-state index is 0.150. The lowest BCUT2D eigenvalue weighted by atomic mass is 10.1. The molecule has 1 nitrogen and oxygen atoms in total. The molecular formula is C15H16F3NS. The molecule has 0 fully saturated rings. The molecule has 0 saturated carbocycles. The summed E-state index contributed by atoms with van der Waals surface area (Å²) in [4.78, 5) is 1.20. The fraction of sp³-hybridized carbons (Fsp3) is 0.333. The van der Waals surface area contributed by atoms with E-state index < -0.39 is 11.7 Å². The first-order valence-electron chi connectivity index (χ1n) is 6.48. The molecule has 1 heterocycles. The fourth-order valence-electron chi connectivity index (χ4n) is 2.02. The van der Waals surface area contributed by atoms with Gasteiger partial charge in [0, 0.05) is 10.6 Å². The van der Waals surface area contributed by atoms with E-state index in [1.165, 1.54) is 17.0 Å². The highest BCUT2D eigenvalue weighted by Crippen LogP contribution is 2.31. The summed E-state index contributed by atoms with van der Waals surface area (Å²) in [7, 11) is 0. The summed E-state index contributed by atoms with van der Waals surface area (Å²) in [6.45, 7) is 2.09. The minimum Gasteiger partial charge on any atom is -0.377 e. The van der Waals surface area contributed by atoms with E-state index in [-0.39, 0.29) is 6.04 Å². The van der Waals surface area contributed by atoms with Gasteiger partial charge >= 0.3 is 6.18 Å². The monoisotopic (exact) mass is 299 g/mol. The Labute approximate surface area is 120 Å². The average molecular weight is 299 g/mol. The zero-order valence-corrected chi connectivity index (χ0v) is 11.9. The number of hydrogen-bond donors (Lipinski definition) is 1. The molecule has 1 unspecified atom stereocenters. The van der Waals surface area contributed by atoms with Crippen molar-refractivity contribution >= 4 is 17.0 Å². The quantitative estimate of drug-likeness (QED) is 0.744. The molecule has 20 heavy (non-hydrogen) atoms. The molecule has 1 N–H and O–H groups in total. The summed E-state index contributed by atoms with van der Waals surface area (Å²) in [6.07, 6.45) is -2.33. The zero-order chi connectivity index (χ0) is 14.6. The maximum absolute atomic E-state index is 12.5. The number of benzene rings is 1. The standard InChI is InChI=1S/C15H16F3NS/c1-2-4-13(14-5-3-10-20-14)19-12-8-6-11(7-9-12)15(16,17)18/h3,5-10,13,19H,2,4H2,1H3. The number of halogens is 3. The van der Waals surface area contributed by atoms with E-state index in [0.29, 0.717) is 5.69 Å². The predicted octanol–water partition coefficient (Wildman–Crippen LogP) is 5.72. The maximum Gasteiger partial charge on any atom is 0.416 e. The van der Waals surface area contributed by atoms with Crippen LogP contribution in [0.25, 0.3) is 0 Å². The van der Waals surface area contributed by atoms with Crippen LogP contribution in [0.4, 0.5) is 18.9 Å².